The van der Waals surface area contributed by atoms with Crippen LogP contribution in [0.15, 0.2) is 59.9 Å². The summed E-state index contributed by atoms with van der Waals surface area (Å²) in [6.45, 7) is 0. The Kier molecular flexibility index (Phi) is 4.80. The molecule has 4 rings (SSSR count). The summed E-state index contributed by atoms with van der Waals surface area (Å²) in [7, 11) is 3.14. The molecule has 1 unspecified atom stereocenters. The lowest BCUT2D eigenvalue weighted by molar-refractivity contribution is -0.125. The van der Waals surface area contributed by atoms with Crippen molar-refractivity contribution < 1.29 is 19.1 Å². The molecule has 3 aromatic rings. The molecular weight excluding hydrogens is 358 g/mol. The molecule has 2 heterocycles. The molecule has 0 bridgehead atoms. The maximum absolute atomic E-state index is 12.7. The van der Waals surface area contributed by atoms with E-state index in [-0.39, 0.29) is 5.91 Å². The van der Waals surface area contributed by atoms with Gasteiger partial charge in [0.25, 0.3) is 5.91 Å². The average molecular weight is 377 g/mol. The number of aromatic nitrogens is 1. The molecule has 0 saturated carbocycles. The second-order valence-electron chi connectivity index (χ2n) is 6.24. The number of pyridine rings is 1. The number of carbonyl (C=O) groups is 1. The molecule has 0 spiro atoms. The van der Waals surface area contributed by atoms with Crippen LogP contribution in [0.1, 0.15) is 12.0 Å². The standard InChI is InChI=1S/C21H19N3O4/c1-26-18-10-3-6-14(20(18)27-2)17-12-19(28-24-17)21(25)23-16-9-4-8-15-13(16)7-5-11-22-15/h3-11,19H,12H2,1-2H3,(H,23,25). The van der Waals surface area contributed by atoms with Gasteiger partial charge in [0, 0.05) is 23.6 Å². The minimum atomic E-state index is -0.724. The Morgan fingerprint density at radius 1 is 1.11 bits per heavy atom. The van der Waals surface area contributed by atoms with Gasteiger partial charge in [-0.05, 0) is 36.4 Å². The predicted octanol–water partition coefficient (Wildman–Crippen LogP) is 3.38. The van der Waals surface area contributed by atoms with Crippen LogP contribution in [0.25, 0.3) is 10.9 Å². The maximum atomic E-state index is 12.7. The van der Waals surface area contributed by atoms with Gasteiger partial charge in [-0.3, -0.25) is 9.78 Å². The van der Waals surface area contributed by atoms with E-state index in [4.69, 9.17) is 14.3 Å². The molecule has 0 radical (unpaired) electrons. The summed E-state index contributed by atoms with van der Waals surface area (Å²) < 4.78 is 10.8. The van der Waals surface area contributed by atoms with Crippen molar-refractivity contribution in [3.05, 3.63) is 60.3 Å². The highest BCUT2D eigenvalue weighted by Gasteiger charge is 2.31. The Morgan fingerprint density at radius 3 is 2.79 bits per heavy atom. The van der Waals surface area contributed by atoms with Gasteiger partial charge in [0.1, 0.15) is 0 Å². The van der Waals surface area contributed by atoms with E-state index in [1.807, 2.05) is 42.5 Å². The number of hydrogen-bond donors (Lipinski definition) is 1. The lowest BCUT2D eigenvalue weighted by atomic mass is 10.0. The van der Waals surface area contributed by atoms with Crippen LogP contribution in [0.5, 0.6) is 11.5 Å². The summed E-state index contributed by atoms with van der Waals surface area (Å²) in [5, 5.41) is 7.89. The maximum Gasteiger partial charge on any atom is 0.268 e. The number of benzene rings is 2. The molecule has 7 heteroatoms. The van der Waals surface area contributed by atoms with E-state index in [0.717, 1.165) is 16.5 Å². The first-order valence-corrected chi connectivity index (χ1v) is 8.80. The number of fused-ring (bicyclic) bond motifs is 1. The molecule has 142 valence electrons. The first-order valence-electron chi connectivity index (χ1n) is 8.80. The van der Waals surface area contributed by atoms with Gasteiger partial charge in [0.15, 0.2) is 11.5 Å². The second-order valence-corrected chi connectivity index (χ2v) is 6.24. The molecule has 0 aliphatic carbocycles. The minimum absolute atomic E-state index is 0.267. The fourth-order valence-corrected chi connectivity index (χ4v) is 3.22. The van der Waals surface area contributed by atoms with Gasteiger partial charge in [-0.15, -0.1) is 0 Å². The lowest BCUT2D eigenvalue weighted by Crippen LogP contribution is -2.28. The number of anilines is 1. The molecule has 1 atom stereocenters. The fourth-order valence-electron chi connectivity index (χ4n) is 3.22. The topological polar surface area (TPSA) is 82.0 Å². The van der Waals surface area contributed by atoms with Crippen molar-refractivity contribution in [2.75, 3.05) is 19.5 Å². The summed E-state index contributed by atoms with van der Waals surface area (Å²) in [6, 6.07) is 14.8. The number of hydrogen-bond acceptors (Lipinski definition) is 6. The molecule has 0 fully saturated rings. The van der Waals surface area contributed by atoms with Crippen LogP contribution in [0.4, 0.5) is 5.69 Å². The van der Waals surface area contributed by atoms with Crippen LogP contribution < -0.4 is 14.8 Å². The predicted molar refractivity (Wildman–Crippen MR) is 106 cm³/mol. The lowest BCUT2D eigenvalue weighted by Gasteiger charge is -2.12. The zero-order chi connectivity index (χ0) is 19.5. The Bertz CT molecular complexity index is 1060. The van der Waals surface area contributed by atoms with Gasteiger partial charge >= 0.3 is 0 Å². The van der Waals surface area contributed by atoms with Crippen molar-refractivity contribution in [3.8, 4) is 11.5 Å². The number of carbonyl (C=O) groups excluding carboxylic acids is 1. The summed E-state index contributed by atoms with van der Waals surface area (Å²) in [4.78, 5) is 22.4. The largest absolute Gasteiger partial charge is 0.493 e. The Balaban J connectivity index is 1.52. The molecule has 1 aliphatic heterocycles. The third-order valence-corrected chi connectivity index (χ3v) is 4.58. The van der Waals surface area contributed by atoms with Crippen LogP contribution in [0, 0.1) is 0 Å². The summed E-state index contributed by atoms with van der Waals surface area (Å²) in [6.07, 6.45) is 1.33. The smallest absolute Gasteiger partial charge is 0.268 e. The number of oxime groups is 1. The SMILES string of the molecule is COc1cccc(C2=NOC(C(=O)Nc3cccc4ncccc34)C2)c1OC. The zero-order valence-corrected chi connectivity index (χ0v) is 15.5. The van der Waals surface area contributed by atoms with Crippen molar-refractivity contribution in [1.82, 2.24) is 4.98 Å². The van der Waals surface area contributed by atoms with Gasteiger partial charge in [-0.25, -0.2) is 0 Å². The third-order valence-electron chi connectivity index (χ3n) is 4.58. The first kappa shape index (κ1) is 17.8. The van der Waals surface area contributed by atoms with E-state index in [1.165, 1.54) is 0 Å². The van der Waals surface area contributed by atoms with Crippen molar-refractivity contribution in [3.63, 3.8) is 0 Å². The monoisotopic (exact) mass is 377 g/mol. The normalized spacial score (nSPS) is 15.6. The molecule has 1 N–H and O–H groups in total. The van der Waals surface area contributed by atoms with E-state index in [1.54, 1.807) is 26.5 Å². The molecule has 7 nitrogen and oxygen atoms in total. The van der Waals surface area contributed by atoms with Gasteiger partial charge in [-0.1, -0.05) is 17.3 Å². The molecule has 1 aliphatic rings. The molecule has 1 amide bonds. The van der Waals surface area contributed by atoms with Gasteiger partial charge < -0.3 is 19.6 Å². The van der Waals surface area contributed by atoms with Gasteiger partial charge in [0.2, 0.25) is 6.10 Å². The highest BCUT2D eigenvalue weighted by atomic mass is 16.6. The average Bonchev–Trinajstić information content (AvgIpc) is 3.23. The Labute approximate surface area is 161 Å². The van der Waals surface area contributed by atoms with E-state index in [0.29, 0.717) is 29.3 Å². The van der Waals surface area contributed by atoms with Crippen molar-refractivity contribution in [2.45, 2.75) is 12.5 Å². The van der Waals surface area contributed by atoms with Crippen molar-refractivity contribution in [2.24, 2.45) is 5.16 Å². The number of amides is 1. The van der Waals surface area contributed by atoms with Crippen LogP contribution in [-0.2, 0) is 9.63 Å². The number of methoxy groups -OCH3 is 2. The van der Waals surface area contributed by atoms with E-state index in [2.05, 4.69) is 15.5 Å². The molecular formula is C21H19N3O4. The van der Waals surface area contributed by atoms with Gasteiger partial charge in [-0.2, -0.15) is 0 Å². The highest BCUT2D eigenvalue weighted by molar-refractivity contribution is 6.09. The highest BCUT2D eigenvalue weighted by Crippen LogP contribution is 2.33. The van der Waals surface area contributed by atoms with Crippen LogP contribution >= 0.6 is 0 Å². The fraction of sp³-hybridized carbons (Fsp3) is 0.190. The molecule has 28 heavy (non-hydrogen) atoms. The summed E-state index contributed by atoms with van der Waals surface area (Å²) in [5.74, 6) is 0.893. The number of para-hydroxylation sites is 1. The van der Waals surface area contributed by atoms with E-state index < -0.39 is 6.10 Å². The van der Waals surface area contributed by atoms with Crippen LogP contribution in [0.3, 0.4) is 0 Å². The molecule has 1 aromatic heterocycles. The van der Waals surface area contributed by atoms with Crippen molar-refractivity contribution in [1.29, 1.82) is 0 Å². The number of nitrogens with zero attached hydrogens (tertiary/aromatic N) is 2. The summed E-state index contributed by atoms with van der Waals surface area (Å²) >= 11 is 0. The van der Waals surface area contributed by atoms with Crippen LogP contribution in [-0.4, -0.2) is 36.9 Å². The second kappa shape index (κ2) is 7.56. The number of ether oxygens (including phenoxy) is 2. The number of rotatable bonds is 5. The van der Waals surface area contributed by atoms with E-state index in [9.17, 15) is 4.79 Å². The van der Waals surface area contributed by atoms with Crippen LogP contribution in [0.2, 0.25) is 0 Å². The number of nitrogens with one attached hydrogen (secondary N) is 1. The molecule has 0 saturated heterocycles. The Hall–Kier alpha value is -3.61. The van der Waals surface area contributed by atoms with Gasteiger partial charge in [0.05, 0.1) is 31.1 Å². The third kappa shape index (κ3) is 3.22. The Morgan fingerprint density at radius 2 is 1.96 bits per heavy atom. The van der Waals surface area contributed by atoms with Crippen molar-refractivity contribution >= 4 is 28.2 Å². The summed E-state index contributed by atoms with van der Waals surface area (Å²) in [5.41, 5.74) is 2.87. The quantitative estimate of drug-likeness (QED) is 0.737. The van der Waals surface area contributed by atoms with E-state index >= 15 is 0 Å². The first-order chi connectivity index (χ1) is 13.7. The minimum Gasteiger partial charge on any atom is -0.493 e. The molecule has 2 aromatic carbocycles. The zero-order valence-electron chi connectivity index (χ0n) is 15.5.